The first kappa shape index (κ1) is 45.2. The lowest BCUT2D eigenvalue weighted by molar-refractivity contribution is -0.156. The summed E-state index contributed by atoms with van der Waals surface area (Å²) < 4.78 is 5.73. The van der Waals surface area contributed by atoms with Gasteiger partial charge in [0.25, 0.3) is 0 Å². The number of ether oxygens (including phenoxy) is 1. The number of hydrogen-bond donors (Lipinski definition) is 0. The Hall–Kier alpha value is -0.830. The molecule has 3 nitrogen and oxygen atoms in total. The van der Waals surface area contributed by atoms with Crippen LogP contribution >= 0.6 is 0 Å². The number of unbranched alkanes of at least 4 members (excludes halogenated alkanes) is 28. The number of carbonyl (C=O) groups excluding carboxylic acids is 1. The summed E-state index contributed by atoms with van der Waals surface area (Å²) in [7, 11) is 0. The van der Waals surface area contributed by atoms with Gasteiger partial charge in [0.15, 0.2) is 6.23 Å². The van der Waals surface area contributed by atoms with Crippen molar-refractivity contribution in [2.24, 2.45) is 0 Å². The van der Waals surface area contributed by atoms with Gasteiger partial charge in [-0.1, -0.05) is 213 Å². The van der Waals surface area contributed by atoms with Crippen LogP contribution in [0.4, 0.5) is 0 Å². The van der Waals surface area contributed by atoms with E-state index in [0.717, 1.165) is 0 Å². The van der Waals surface area contributed by atoms with Gasteiger partial charge < -0.3 is 4.74 Å². The summed E-state index contributed by atoms with van der Waals surface area (Å²) in [6.07, 6.45) is 45.5. The van der Waals surface area contributed by atoms with Gasteiger partial charge in [-0.15, -0.1) is 0 Å². The fraction of sp³-hybridized carbons (Fsp3) is 0.930. The molecule has 0 rings (SSSR count). The van der Waals surface area contributed by atoms with Crippen molar-refractivity contribution in [1.82, 2.24) is 4.90 Å². The second-order valence-electron chi connectivity index (χ2n) is 14.9. The molecule has 0 radical (unpaired) electrons. The smallest absolute Gasteiger partial charge is 0.331 e. The maximum atomic E-state index is 12.0. The molecule has 0 aromatic rings. The Balaban J connectivity index is 4.05. The van der Waals surface area contributed by atoms with E-state index in [1.165, 1.54) is 212 Å². The van der Waals surface area contributed by atoms with Crippen molar-refractivity contribution in [2.75, 3.05) is 0 Å². The molecule has 3 atom stereocenters. The third-order valence-electron chi connectivity index (χ3n) is 10.3. The normalized spacial score (nSPS) is 13.6. The van der Waals surface area contributed by atoms with Crippen molar-refractivity contribution in [3.05, 3.63) is 12.7 Å². The Morgan fingerprint density at radius 3 is 0.957 bits per heavy atom. The molecule has 3 heteroatoms. The average molecular weight is 648 g/mol. The Morgan fingerprint density at radius 1 is 0.478 bits per heavy atom. The van der Waals surface area contributed by atoms with Gasteiger partial charge in [-0.2, -0.15) is 0 Å². The van der Waals surface area contributed by atoms with Gasteiger partial charge in [-0.3, -0.25) is 4.90 Å². The summed E-state index contributed by atoms with van der Waals surface area (Å²) in [5.74, 6) is -0.309. The predicted molar refractivity (Wildman–Crippen MR) is 206 cm³/mol. The zero-order valence-electron chi connectivity index (χ0n) is 32.4. The molecule has 0 aliphatic rings. The first-order valence-corrected chi connectivity index (χ1v) is 21.1. The zero-order valence-corrected chi connectivity index (χ0v) is 32.4. The van der Waals surface area contributed by atoms with E-state index in [4.69, 9.17) is 4.74 Å². The van der Waals surface area contributed by atoms with E-state index in [0.29, 0.717) is 12.1 Å². The van der Waals surface area contributed by atoms with Crippen molar-refractivity contribution in [1.29, 1.82) is 0 Å². The van der Waals surface area contributed by atoms with Crippen LogP contribution in [-0.2, 0) is 9.53 Å². The second kappa shape index (κ2) is 35.5. The summed E-state index contributed by atoms with van der Waals surface area (Å²) in [5.41, 5.74) is 0. The fourth-order valence-electron chi connectivity index (χ4n) is 7.35. The molecule has 0 saturated carbocycles. The van der Waals surface area contributed by atoms with E-state index in [1.54, 1.807) is 0 Å². The summed E-state index contributed by atoms with van der Waals surface area (Å²) in [5, 5.41) is 0. The van der Waals surface area contributed by atoms with Gasteiger partial charge in [-0.05, 0) is 33.6 Å². The quantitative estimate of drug-likeness (QED) is 0.0291. The highest BCUT2D eigenvalue weighted by Gasteiger charge is 2.27. The van der Waals surface area contributed by atoms with E-state index >= 15 is 0 Å². The highest BCUT2D eigenvalue weighted by Crippen LogP contribution is 2.22. The number of carbonyl (C=O) groups is 1. The maximum absolute atomic E-state index is 12.0. The minimum atomic E-state index is -0.309. The molecule has 0 amide bonds. The van der Waals surface area contributed by atoms with Crippen LogP contribution in [0.2, 0.25) is 0 Å². The molecule has 0 heterocycles. The van der Waals surface area contributed by atoms with Gasteiger partial charge in [0.05, 0.1) is 0 Å². The second-order valence-corrected chi connectivity index (χ2v) is 14.9. The van der Waals surface area contributed by atoms with Crippen LogP contribution < -0.4 is 0 Å². The van der Waals surface area contributed by atoms with Crippen LogP contribution in [0.25, 0.3) is 0 Å². The molecule has 0 fully saturated rings. The molecule has 0 spiro atoms. The van der Waals surface area contributed by atoms with E-state index < -0.39 is 0 Å². The Kier molecular flexibility index (Phi) is 34.8. The first-order chi connectivity index (χ1) is 22.5. The highest BCUT2D eigenvalue weighted by molar-refractivity contribution is 5.81. The molecule has 0 bridgehead atoms. The molecule has 0 aromatic heterocycles. The van der Waals surface area contributed by atoms with Crippen LogP contribution in [0.3, 0.4) is 0 Å². The SMILES string of the molecule is C=CC(=O)OC(C)N(C(C)CCCCCCCCCCCCCCCCC)C(C)CCCCCCCCCCCCCCCCC. The molecule has 274 valence electrons. The van der Waals surface area contributed by atoms with Crippen molar-refractivity contribution in [3.8, 4) is 0 Å². The van der Waals surface area contributed by atoms with Gasteiger partial charge in [-0.25, -0.2) is 4.79 Å². The predicted octanol–water partition coefficient (Wildman–Crippen LogP) is 14.7. The lowest BCUT2D eigenvalue weighted by atomic mass is 10.0. The molecule has 0 aromatic carbocycles. The number of hydrogen-bond acceptors (Lipinski definition) is 3. The Bertz CT molecular complexity index is 594. The molecule has 0 aliphatic heterocycles. The van der Waals surface area contributed by atoms with Gasteiger partial charge in [0.2, 0.25) is 0 Å². The topological polar surface area (TPSA) is 29.5 Å². The van der Waals surface area contributed by atoms with Crippen LogP contribution in [0.1, 0.15) is 240 Å². The van der Waals surface area contributed by atoms with Gasteiger partial charge >= 0.3 is 5.97 Å². The van der Waals surface area contributed by atoms with Crippen molar-refractivity contribution in [2.45, 2.75) is 258 Å². The molecule has 3 unspecified atom stereocenters. The maximum Gasteiger partial charge on any atom is 0.331 e. The summed E-state index contributed by atoms with van der Waals surface area (Å²) in [6.45, 7) is 14.9. The van der Waals surface area contributed by atoms with E-state index in [9.17, 15) is 4.79 Å². The lowest BCUT2D eigenvalue weighted by Gasteiger charge is -2.38. The zero-order chi connectivity index (χ0) is 33.9. The van der Waals surface area contributed by atoms with E-state index in [2.05, 4.69) is 39.2 Å². The molecule has 0 N–H and O–H groups in total. The molecular formula is C43H85NO2. The van der Waals surface area contributed by atoms with E-state index in [1.807, 2.05) is 6.92 Å². The minimum Gasteiger partial charge on any atom is -0.443 e. The van der Waals surface area contributed by atoms with Crippen LogP contribution in [0.15, 0.2) is 12.7 Å². The van der Waals surface area contributed by atoms with Gasteiger partial charge in [0, 0.05) is 18.2 Å². The summed E-state index contributed by atoms with van der Waals surface area (Å²) >= 11 is 0. The van der Waals surface area contributed by atoms with Crippen molar-refractivity contribution in [3.63, 3.8) is 0 Å². The number of rotatable bonds is 37. The lowest BCUT2D eigenvalue weighted by Crippen LogP contribution is -2.47. The summed E-state index contributed by atoms with van der Waals surface area (Å²) in [6, 6.07) is 0.835. The Labute approximate surface area is 290 Å². The number of esters is 1. The number of nitrogens with zero attached hydrogens (tertiary/aromatic N) is 1. The third kappa shape index (κ3) is 29.3. The first-order valence-electron chi connectivity index (χ1n) is 21.1. The minimum absolute atomic E-state index is 0.205. The summed E-state index contributed by atoms with van der Waals surface area (Å²) in [4.78, 5) is 14.5. The van der Waals surface area contributed by atoms with Crippen LogP contribution in [-0.4, -0.2) is 29.2 Å². The fourth-order valence-corrected chi connectivity index (χ4v) is 7.35. The Morgan fingerprint density at radius 2 is 0.717 bits per heavy atom. The molecule has 0 saturated heterocycles. The van der Waals surface area contributed by atoms with E-state index in [-0.39, 0.29) is 12.2 Å². The van der Waals surface area contributed by atoms with Crippen LogP contribution in [0, 0.1) is 0 Å². The molecule has 46 heavy (non-hydrogen) atoms. The third-order valence-corrected chi connectivity index (χ3v) is 10.3. The molecule has 0 aliphatic carbocycles. The average Bonchev–Trinajstić information content (AvgIpc) is 3.04. The van der Waals surface area contributed by atoms with Gasteiger partial charge in [0.1, 0.15) is 0 Å². The monoisotopic (exact) mass is 648 g/mol. The van der Waals surface area contributed by atoms with Crippen molar-refractivity contribution < 1.29 is 9.53 Å². The van der Waals surface area contributed by atoms with Crippen LogP contribution in [0.5, 0.6) is 0 Å². The molecular weight excluding hydrogens is 562 g/mol. The van der Waals surface area contributed by atoms with Crippen molar-refractivity contribution >= 4 is 5.97 Å². The largest absolute Gasteiger partial charge is 0.443 e. The highest BCUT2D eigenvalue weighted by atomic mass is 16.6. The standard InChI is InChI=1S/C43H85NO2/c1-7-10-12-14-16-18-20-22-24-26-28-30-32-34-36-38-40(4)44(42(6)46-43(45)9-3)41(5)39-37-35-33-31-29-27-25-23-21-19-17-15-13-11-8-2/h9,40-42H,3,7-8,10-39H2,1-2,4-6H3.